The van der Waals surface area contributed by atoms with Gasteiger partial charge in [-0.1, -0.05) is 18.2 Å². The van der Waals surface area contributed by atoms with Crippen molar-refractivity contribution in [2.75, 3.05) is 0 Å². The number of alkyl halides is 3. The van der Waals surface area contributed by atoms with Crippen molar-refractivity contribution in [1.29, 1.82) is 0 Å². The summed E-state index contributed by atoms with van der Waals surface area (Å²) in [4.78, 5) is 15.7. The molecule has 0 aliphatic heterocycles. The molecule has 3 rings (SSSR count). The minimum absolute atomic E-state index is 0.0250. The minimum atomic E-state index is -4.40. The first kappa shape index (κ1) is 20.8. The van der Waals surface area contributed by atoms with E-state index in [9.17, 15) is 22.4 Å². The summed E-state index contributed by atoms with van der Waals surface area (Å²) in [5.74, 6) is -1.76. The molecule has 0 radical (unpaired) electrons. The van der Waals surface area contributed by atoms with Gasteiger partial charge in [0.15, 0.2) is 11.6 Å². The molecule has 0 saturated heterocycles. The van der Waals surface area contributed by atoms with Gasteiger partial charge in [0.05, 0.1) is 22.6 Å². The van der Waals surface area contributed by atoms with Gasteiger partial charge in [-0.15, -0.1) is 11.3 Å². The van der Waals surface area contributed by atoms with Crippen molar-refractivity contribution >= 4 is 17.3 Å². The third-order valence-electron chi connectivity index (χ3n) is 4.06. The number of carbonyl (C=O) groups is 1. The highest BCUT2D eigenvalue weighted by molar-refractivity contribution is 7.15. The normalized spacial score (nSPS) is 11.5. The van der Waals surface area contributed by atoms with Gasteiger partial charge in [0.2, 0.25) is 0 Å². The molecule has 2 aromatic carbocycles. The van der Waals surface area contributed by atoms with Gasteiger partial charge < -0.3 is 9.84 Å². The Morgan fingerprint density at radius 3 is 2.45 bits per heavy atom. The lowest BCUT2D eigenvalue weighted by Gasteiger charge is -2.07. The van der Waals surface area contributed by atoms with Gasteiger partial charge >= 0.3 is 12.1 Å². The number of aromatic nitrogens is 1. The average molecular weight is 425 g/mol. The zero-order chi connectivity index (χ0) is 21.2. The van der Waals surface area contributed by atoms with Crippen LogP contribution in [0.2, 0.25) is 0 Å². The number of aryl methyl sites for hydroxylation is 1. The fourth-order valence-corrected chi connectivity index (χ4v) is 3.56. The summed E-state index contributed by atoms with van der Waals surface area (Å²) in [6.07, 6.45) is -4.69. The Hall–Kier alpha value is -2.94. The predicted octanol–water partition coefficient (Wildman–Crippen LogP) is 5.48. The first-order valence-electron chi connectivity index (χ1n) is 8.40. The van der Waals surface area contributed by atoms with Crippen LogP contribution in [0.4, 0.5) is 17.6 Å². The maximum Gasteiger partial charge on any atom is 0.416 e. The van der Waals surface area contributed by atoms with Crippen molar-refractivity contribution in [3.8, 4) is 16.3 Å². The monoisotopic (exact) mass is 425 g/mol. The Morgan fingerprint density at radius 2 is 1.86 bits per heavy atom. The second-order valence-electron chi connectivity index (χ2n) is 6.23. The van der Waals surface area contributed by atoms with Crippen LogP contribution >= 0.6 is 11.3 Å². The summed E-state index contributed by atoms with van der Waals surface area (Å²) >= 11 is 1.25. The van der Waals surface area contributed by atoms with E-state index in [-0.39, 0.29) is 18.8 Å². The quantitative estimate of drug-likeness (QED) is 0.531. The molecule has 0 saturated carbocycles. The molecule has 1 aromatic heterocycles. The molecule has 9 heteroatoms. The number of hydrogen-bond acceptors (Lipinski definition) is 4. The summed E-state index contributed by atoms with van der Waals surface area (Å²) in [5, 5.41) is 9.28. The summed E-state index contributed by atoms with van der Waals surface area (Å²) in [6, 6.07) is 8.64. The molecule has 0 aliphatic rings. The number of carboxylic acids is 1. The Kier molecular flexibility index (Phi) is 5.88. The van der Waals surface area contributed by atoms with Crippen molar-refractivity contribution in [2.24, 2.45) is 0 Å². The Morgan fingerprint density at radius 1 is 1.17 bits per heavy atom. The lowest BCUT2D eigenvalue weighted by Crippen LogP contribution is -2.03. The highest BCUT2D eigenvalue weighted by Gasteiger charge is 2.30. The van der Waals surface area contributed by atoms with Gasteiger partial charge in [-0.05, 0) is 36.8 Å². The largest absolute Gasteiger partial charge is 0.485 e. The summed E-state index contributed by atoms with van der Waals surface area (Å²) in [6.45, 7) is 1.76. The number of rotatable bonds is 6. The van der Waals surface area contributed by atoms with E-state index in [4.69, 9.17) is 9.84 Å². The molecule has 29 heavy (non-hydrogen) atoms. The van der Waals surface area contributed by atoms with Gasteiger partial charge in [-0.3, -0.25) is 4.79 Å². The first-order chi connectivity index (χ1) is 13.6. The molecule has 0 amide bonds. The van der Waals surface area contributed by atoms with Crippen molar-refractivity contribution < 1.29 is 32.2 Å². The lowest BCUT2D eigenvalue weighted by atomic mass is 10.1. The minimum Gasteiger partial charge on any atom is -0.485 e. The number of aliphatic carboxylic acids is 1. The van der Waals surface area contributed by atoms with Crippen LogP contribution in [-0.4, -0.2) is 16.1 Å². The van der Waals surface area contributed by atoms with E-state index >= 15 is 0 Å². The third-order valence-corrected chi connectivity index (χ3v) is 5.24. The molecule has 1 heterocycles. The topological polar surface area (TPSA) is 59.4 Å². The zero-order valence-corrected chi connectivity index (χ0v) is 15.9. The standard InChI is InChI=1S/C20H15F4NO3S/c1-11-17(10-28-16-7-2-12(8-15(16)21)9-18(26)27)29-19(25-11)13-3-5-14(6-4-13)20(22,23)24/h2-8H,9-10H2,1H3,(H,26,27). The molecule has 3 aromatic rings. The van der Waals surface area contributed by atoms with Crippen molar-refractivity contribution in [3.05, 3.63) is 70.0 Å². The number of halogens is 4. The molecule has 4 nitrogen and oxygen atoms in total. The number of carboxylic acid groups (broad SMARTS) is 1. The molecule has 1 N–H and O–H groups in total. The van der Waals surface area contributed by atoms with Crippen LogP contribution in [0.5, 0.6) is 5.75 Å². The van der Waals surface area contributed by atoms with Gasteiger partial charge in [-0.2, -0.15) is 13.2 Å². The van der Waals surface area contributed by atoms with E-state index in [1.165, 1.54) is 35.6 Å². The predicted molar refractivity (Wildman–Crippen MR) is 99.4 cm³/mol. The van der Waals surface area contributed by atoms with E-state index in [1.54, 1.807) is 6.92 Å². The molecule has 0 fully saturated rings. The molecule has 152 valence electrons. The maximum atomic E-state index is 14.1. The van der Waals surface area contributed by atoms with Crippen molar-refractivity contribution in [1.82, 2.24) is 4.98 Å². The number of ether oxygens (including phenoxy) is 1. The van der Waals surface area contributed by atoms with E-state index in [1.807, 2.05) is 0 Å². The van der Waals surface area contributed by atoms with Crippen molar-refractivity contribution in [2.45, 2.75) is 26.1 Å². The van der Waals surface area contributed by atoms with E-state index in [0.29, 0.717) is 26.7 Å². The second-order valence-corrected chi connectivity index (χ2v) is 7.31. The van der Waals surface area contributed by atoms with E-state index < -0.39 is 23.5 Å². The third kappa shape index (κ3) is 5.11. The van der Waals surface area contributed by atoms with Crippen LogP contribution in [0.3, 0.4) is 0 Å². The van der Waals surface area contributed by atoms with Gasteiger partial charge in [0.25, 0.3) is 0 Å². The van der Waals surface area contributed by atoms with Crippen LogP contribution in [0, 0.1) is 12.7 Å². The number of benzene rings is 2. The molecule has 0 bridgehead atoms. The van der Waals surface area contributed by atoms with Gasteiger partial charge in [0.1, 0.15) is 11.6 Å². The molecule has 0 unspecified atom stereocenters. The van der Waals surface area contributed by atoms with Gasteiger partial charge in [-0.25, -0.2) is 9.37 Å². The molecule has 0 spiro atoms. The highest BCUT2D eigenvalue weighted by atomic mass is 32.1. The fourth-order valence-electron chi connectivity index (χ4n) is 2.58. The Balaban J connectivity index is 1.72. The second kappa shape index (κ2) is 8.20. The van der Waals surface area contributed by atoms with Crippen LogP contribution in [0.25, 0.3) is 10.6 Å². The zero-order valence-electron chi connectivity index (χ0n) is 15.1. The summed E-state index contributed by atoms with van der Waals surface area (Å²) < 4.78 is 57.6. The molecular weight excluding hydrogens is 410 g/mol. The number of hydrogen-bond donors (Lipinski definition) is 1. The molecular formula is C20H15F4NO3S. The summed E-state index contributed by atoms with van der Waals surface area (Å²) in [5.41, 5.74) is 0.759. The highest BCUT2D eigenvalue weighted by Crippen LogP contribution is 2.33. The number of nitrogens with zero attached hydrogens (tertiary/aromatic N) is 1. The lowest BCUT2D eigenvalue weighted by molar-refractivity contribution is -0.138. The van der Waals surface area contributed by atoms with Crippen LogP contribution in [-0.2, 0) is 24.0 Å². The Bertz CT molecular complexity index is 1030. The van der Waals surface area contributed by atoms with Crippen molar-refractivity contribution in [3.63, 3.8) is 0 Å². The first-order valence-corrected chi connectivity index (χ1v) is 9.22. The van der Waals surface area contributed by atoms with E-state index in [2.05, 4.69) is 4.98 Å². The molecule has 0 aliphatic carbocycles. The number of thiazole rings is 1. The van der Waals surface area contributed by atoms with Gasteiger partial charge in [0, 0.05) is 5.56 Å². The summed E-state index contributed by atoms with van der Waals surface area (Å²) in [7, 11) is 0. The SMILES string of the molecule is Cc1nc(-c2ccc(C(F)(F)F)cc2)sc1COc1ccc(CC(=O)O)cc1F. The van der Waals surface area contributed by atoms with E-state index in [0.717, 1.165) is 18.2 Å². The average Bonchev–Trinajstić information content (AvgIpc) is 3.01. The van der Waals surface area contributed by atoms with Crippen LogP contribution in [0.15, 0.2) is 42.5 Å². The maximum absolute atomic E-state index is 14.1. The van der Waals surface area contributed by atoms with Crippen LogP contribution in [0.1, 0.15) is 21.7 Å². The fraction of sp³-hybridized carbons (Fsp3) is 0.200. The molecule has 0 atom stereocenters. The Labute approximate surface area is 167 Å². The smallest absolute Gasteiger partial charge is 0.416 e. The van der Waals surface area contributed by atoms with Crippen LogP contribution < -0.4 is 4.74 Å².